The van der Waals surface area contributed by atoms with Gasteiger partial charge in [0.15, 0.2) is 17.7 Å². The highest BCUT2D eigenvalue weighted by atomic mass is 35.5. The molecule has 2 aromatic carbocycles. The molecule has 2 aromatic rings. The fourth-order valence-electron chi connectivity index (χ4n) is 5.43. The largest absolute Gasteiger partial charge is 0.488 e. The van der Waals surface area contributed by atoms with Crippen molar-refractivity contribution in [1.29, 1.82) is 0 Å². The predicted octanol–water partition coefficient (Wildman–Crippen LogP) is 2.17. The summed E-state index contributed by atoms with van der Waals surface area (Å²) in [5.74, 6) is -2.43. The van der Waals surface area contributed by atoms with Crippen LogP contribution in [-0.2, 0) is 19.0 Å². The van der Waals surface area contributed by atoms with E-state index in [1.165, 1.54) is 43.3 Å². The molecule has 10 atom stereocenters. The Morgan fingerprint density at radius 3 is 2.43 bits per heavy atom. The monoisotopic (exact) mass is 671 g/mol. The zero-order valence-corrected chi connectivity index (χ0v) is 25.3. The van der Waals surface area contributed by atoms with Crippen LogP contribution >= 0.6 is 11.6 Å². The Morgan fingerprint density at radius 2 is 1.72 bits per heavy atom. The van der Waals surface area contributed by atoms with E-state index in [0.29, 0.717) is 5.57 Å². The van der Waals surface area contributed by atoms with Crippen molar-refractivity contribution in [1.82, 2.24) is 5.32 Å². The van der Waals surface area contributed by atoms with Crippen molar-refractivity contribution < 1.29 is 62.1 Å². The van der Waals surface area contributed by atoms with Crippen LogP contribution in [-0.4, -0.2) is 101 Å². The Balaban J connectivity index is 1.18. The molecule has 2 heterocycles. The molecule has 2 saturated heterocycles. The van der Waals surface area contributed by atoms with Gasteiger partial charge in [0.1, 0.15) is 67.7 Å². The first-order valence-corrected chi connectivity index (χ1v) is 14.7. The van der Waals surface area contributed by atoms with Gasteiger partial charge in [-0.05, 0) is 61.4 Å². The van der Waals surface area contributed by atoms with Crippen LogP contribution in [0, 0.1) is 11.6 Å². The van der Waals surface area contributed by atoms with Crippen molar-refractivity contribution in [2.45, 2.75) is 75.1 Å². The van der Waals surface area contributed by atoms with E-state index in [1.807, 2.05) is 0 Å². The number of carbonyl (C=O) groups excluding carboxylic acids is 1. The number of amides is 1. The average Bonchev–Trinajstić information content (AvgIpc) is 3.62. The fraction of sp³-hybridized carbons (Fsp3) is 0.452. The molecule has 15 heteroatoms. The normalized spacial score (nSPS) is 33.1. The molecule has 3 fully saturated rings. The third-order valence-electron chi connectivity index (χ3n) is 8.01. The van der Waals surface area contributed by atoms with Crippen molar-refractivity contribution >= 4 is 23.6 Å². The summed E-state index contributed by atoms with van der Waals surface area (Å²) < 4.78 is 70.2. The standard InChI is InChI=1S/C31H33ClF3NO10/c1-13(7-8-42-20-11-16(33)4-5-17(20)32)27-23(37)21(35)31(46-27)45-19-6-3-15(10-18(19)34)9-14(2)30(41)36-22-24(38)26(40)29-28(25(22)39)43-12-44-29/h3-7,9-11,21-29,31,37-40H,8,12H2,1-2H3,(H,36,41)/b13-7+,14-9+/t21-,22+,23-,24-,25+,26+,27+,28-,29+,31+/m0/s1. The van der Waals surface area contributed by atoms with Gasteiger partial charge in [-0.2, -0.15) is 0 Å². The Hall–Kier alpha value is -3.21. The Morgan fingerprint density at radius 1 is 1.00 bits per heavy atom. The SMILES string of the molecule is C/C(=C\c1ccc(O[C@@H]2O[C@H](/C(C)=C/COc3cc(F)ccc3Cl)[C@@H](O)[C@@H]2F)c(F)c1)C(=O)N[C@@H]1[C@H](O)[C@@H](O)[C@H]2OCO[C@H]2[C@@H]1O. The highest BCUT2D eigenvalue weighted by Gasteiger charge is 2.53. The number of alkyl halides is 1. The van der Waals surface area contributed by atoms with Crippen molar-refractivity contribution in [2.24, 2.45) is 0 Å². The van der Waals surface area contributed by atoms with Gasteiger partial charge in [-0.3, -0.25) is 4.79 Å². The minimum Gasteiger partial charge on any atom is -0.488 e. The first-order valence-electron chi connectivity index (χ1n) is 14.3. The van der Waals surface area contributed by atoms with E-state index >= 15 is 0 Å². The van der Waals surface area contributed by atoms with Gasteiger partial charge in [0, 0.05) is 11.6 Å². The van der Waals surface area contributed by atoms with Gasteiger partial charge in [-0.15, -0.1) is 0 Å². The molecular weight excluding hydrogens is 639 g/mol. The minimum absolute atomic E-state index is 0.0764. The summed E-state index contributed by atoms with van der Waals surface area (Å²) in [5, 5.41) is 44.3. The fourth-order valence-corrected chi connectivity index (χ4v) is 5.60. The quantitative estimate of drug-likeness (QED) is 0.198. The number of nitrogens with one attached hydrogen (secondary N) is 1. The molecule has 1 amide bonds. The molecule has 5 N–H and O–H groups in total. The maximum Gasteiger partial charge on any atom is 0.247 e. The van der Waals surface area contributed by atoms with Crippen molar-refractivity contribution in [2.75, 3.05) is 13.4 Å². The van der Waals surface area contributed by atoms with Crippen LogP contribution in [0.4, 0.5) is 13.2 Å². The van der Waals surface area contributed by atoms with Crippen LogP contribution in [0.2, 0.25) is 5.02 Å². The lowest BCUT2D eigenvalue weighted by molar-refractivity contribution is -0.155. The lowest BCUT2D eigenvalue weighted by Crippen LogP contribution is -2.67. The van der Waals surface area contributed by atoms with Crippen LogP contribution in [0.15, 0.2) is 53.6 Å². The summed E-state index contributed by atoms with van der Waals surface area (Å²) in [6.07, 6.45) is -9.82. The van der Waals surface area contributed by atoms with Gasteiger partial charge in [0.2, 0.25) is 12.2 Å². The van der Waals surface area contributed by atoms with Gasteiger partial charge >= 0.3 is 0 Å². The summed E-state index contributed by atoms with van der Waals surface area (Å²) in [6.45, 7) is 2.72. The van der Waals surface area contributed by atoms with E-state index in [2.05, 4.69) is 5.32 Å². The van der Waals surface area contributed by atoms with E-state index in [4.69, 9.17) is 35.3 Å². The van der Waals surface area contributed by atoms with E-state index in [0.717, 1.165) is 12.1 Å². The Labute approximate surface area is 266 Å². The Kier molecular flexibility index (Phi) is 10.6. The molecule has 0 aromatic heterocycles. The lowest BCUT2D eigenvalue weighted by Gasteiger charge is -2.41. The smallest absolute Gasteiger partial charge is 0.247 e. The summed E-state index contributed by atoms with van der Waals surface area (Å²) in [5.41, 5.74) is 0.691. The topological polar surface area (TPSA) is 156 Å². The van der Waals surface area contributed by atoms with Crippen molar-refractivity contribution in [3.63, 3.8) is 0 Å². The molecular formula is C31H33ClF3NO10. The maximum absolute atomic E-state index is 15.0. The van der Waals surface area contributed by atoms with Gasteiger partial charge in [0.25, 0.3) is 0 Å². The van der Waals surface area contributed by atoms with Crippen LogP contribution in [0.3, 0.4) is 0 Å². The summed E-state index contributed by atoms with van der Waals surface area (Å²) >= 11 is 5.98. The van der Waals surface area contributed by atoms with E-state index in [9.17, 15) is 38.4 Å². The number of ether oxygens (including phenoxy) is 5. The third kappa shape index (κ3) is 7.19. The minimum atomic E-state index is -2.03. The van der Waals surface area contributed by atoms with E-state index in [-0.39, 0.29) is 41.1 Å². The van der Waals surface area contributed by atoms with Gasteiger partial charge in [0.05, 0.1) is 11.1 Å². The lowest BCUT2D eigenvalue weighted by atomic mass is 9.83. The van der Waals surface area contributed by atoms with Crippen LogP contribution < -0.4 is 14.8 Å². The summed E-state index contributed by atoms with van der Waals surface area (Å²) in [4.78, 5) is 12.8. The molecule has 2 aliphatic heterocycles. The zero-order valence-electron chi connectivity index (χ0n) is 24.6. The van der Waals surface area contributed by atoms with Gasteiger partial charge in [-0.1, -0.05) is 17.7 Å². The Bertz CT molecular complexity index is 1490. The molecule has 250 valence electrons. The van der Waals surface area contributed by atoms with Crippen molar-refractivity contribution in [3.05, 3.63) is 75.8 Å². The predicted molar refractivity (Wildman–Crippen MR) is 155 cm³/mol. The molecule has 11 nitrogen and oxygen atoms in total. The molecule has 0 radical (unpaired) electrons. The molecule has 0 bridgehead atoms. The second-order valence-electron chi connectivity index (χ2n) is 11.2. The molecule has 46 heavy (non-hydrogen) atoms. The first kappa shape index (κ1) is 34.1. The second-order valence-corrected chi connectivity index (χ2v) is 11.6. The highest BCUT2D eigenvalue weighted by Crippen LogP contribution is 2.33. The number of hydrogen-bond acceptors (Lipinski definition) is 10. The molecule has 1 saturated carbocycles. The number of fused-ring (bicyclic) bond motifs is 1. The maximum atomic E-state index is 15.0. The number of hydrogen-bond donors (Lipinski definition) is 5. The van der Waals surface area contributed by atoms with Crippen molar-refractivity contribution in [3.8, 4) is 11.5 Å². The van der Waals surface area contributed by atoms with Crippen LogP contribution in [0.25, 0.3) is 6.08 Å². The number of benzene rings is 2. The highest BCUT2D eigenvalue weighted by molar-refractivity contribution is 6.32. The third-order valence-corrected chi connectivity index (χ3v) is 8.32. The van der Waals surface area contributed by atoms with Crippen LogP contribution in [0.1, 0.15) is 19.4 Å². The van der Waals surface area contributed by atoms with E-state index < -0.39 is 78.8 Å². The number of aliphatic hydroxyl groups is 4. The molecule has 1 aliphatic carbocycles. The number of rotatable bonds is 9. The van der Waals surface area contributed by atoms with Crippen LogP contribution in [0.5, 0.6) is 11.5 Å². The molecule has 0 unspecified atom stereocenters. The summed E-state index contributed by atoms with van der Waals surface area (Å²) in [6, 6.07) is 5.98. The second kappa shape index (κ2) is 14.3. The van der Waals surface area contributed by atoms with Gasteiger partial charge in [-0.25, -0.2) is 13.2 Å². The number of carbonyl (C=O) groups is 1. The molecule has 0 spiro atoms. The van der Waals surface area contributed by atoms with Gasteiger partial charge < -0.3 is 49.4 Å². The van der Waals surface area contributed by atoms with E-state index in [1.54, 1.807) is 6.92 Å². The summed E-state index contributed by atoms with van der Waals surface area (Å²) in [7, 11) is 0. The number of aliphatic hydroxyl groups excluding tert-OH is 4. The zero-order chi connectivity index (χ0) is 33.3. The molecule has 3 aliphatic rings. The first-order chi connectivity index (χ1) is 21.8. The molecule has 5 rings (SSSR count). The average molecular weight is 672 g/mol. The number of halogens is 4.